The maximum Gasteiger partial charge on any atom is 0.236 e. The van der Waals surface area contributed by atoms with Crippen LogP contribution in [0.1, 0.15) is 38.5 Å². The van der Waals surface area contributed by atoms with Crippen LogP contribution >= 0.6 is 0 Å². The van der Waals surface area contributed by atoms with Crippen LogP contribution in [0.25, 0.3) is 0 Å². The molecule has 2 atom stereocenters. The quantitative estimate of drug-likeness (QED) is 0.830. The van der Waals surface area contributed by atoms with Gasteiger partial charge in [-0.3, -0.25) is 9.69 Å². The summed E-state index contributed by atoms with van der Waals surface area (Å²) in [7, 11) is 0. The van der Waals surface area contributed by atoms with Crippen molar-refractivity contribution in [2.45, 2.75) is 44.6 Å². The van der Waals surface area contributed by atoms with Crippen LogP contribution < -0.4 is 5.73 Å². The van der Waals surface area contributed by atoms with Gasteiger partial charge in [0.05, 0.1) is 6.54 Å². The van der Waals surface area contributed by atoms with Crippen molar-refractivity contribution in [2.75, 3.05) is 32.7 Å². The van der Waals surface area contributed by atoms with Gasteiger partial charge in [0, 0.05) is 32.2 Å². The second kappa shape index (κ2) is 5.80. The summed E-state index contributed by atoms with van der Waals surface area (Å²) in [4.78, 5) is 16.7. The van der Waals surface area contributed by atoms with E-state index in [2.05, 4.69) is 9.80 Å². The number of nitrogens with two attached hydrogens (primary N) is 1. The van der Waals surface area contributed by atoms with Crippen molar-refractivity contribution < 1.29 is 4.79 Å². The molecule has 1 aliphatic carbocycles. The molecule has 2 heterocycles. The van der Waals surface area contributed by atoms with Crippen LogP contribution in [0.4, 0.5) is 0 Å². The summed E-state index contributed by atoms with van der Waals surface area (Å²) in [6.45, 7) is 4.48. The molecule has 3 rings (SSSR count). The summed E-state index contributed by atoms with van der Waals surface area (Å²) in [5.74, 6) is 1.83. The van der Waals surface area contributed by atoms with E-state index in [1.54, 1.807) is 0 Å². The van der Waals surface area contributed by atoms with Crippen molar-refractivity contribution in [3.8, 4) is 0 Å². The Labute approximate surface area is 116 Å². The van der Waals surface area contributed by atoms with Crippen molar-refractivity contribution >= 4 is 5.91 Å². The van der Waals surface area contributed by atoms with Gasteiger partial charge in [0.15, 0.2) is 0 Å². The molecule has 2 aliphatic heterocycles. The van der Waals surface area contributed by atoms with E-state index in [9.17, 15) is 4.79 Å². The SMILES string of the molecule is N[C@@H]1CN(CC(=O)N2CCCCCC2)C[C@H]1C1CC1. The molecule has 0 spiro atoms. The number of hydrogen-bond acceptors (Lipinski definition) is 3. The third kappa shape index (κ3) is 3.29. The lowest BCUT2D eigenvalue weighted by atomic mass is 9.99. The molecule has 2 N–H and O–H groups in total. The third-order valence-corrected chi connectivity index (χ3v) is 5.03. The fourth-order valence-electron chi connectivity index (χ4n) is 3.71. The van der Waals surface area contributed by atoms with Gasteiger partial charge in [0.1, 0.15) is 0 Å². The Morgan fingerprint density at radius 2 is 1.74 bits per heavy atom. The molecular weight excluding hydrogens is 238 g/mol. The monoisotopic (exact) mass is 265 g/mol. The maximum absolute atomic E-state index is 12.3. The Morgan fingerprint density at radius 1 is 1.05 bits per heavy atom. The summed E-state index contributed by atoms with van der Waals surface area (Å²) in [5, 5.41) is 0. The highest BCUT2D eigenvalue weighted by Gasteiger charge is 2.41. The first-order valence-corrected chi connectivity index (χ1v) is 8.00. The average molecular weight is 265 g/mol. The maximum atomic E-state index is 12.3. The minimum absolute atomic E-state index is 0.296. The van der Waals surface area contributed by atoms with Crippen LogP contribution in [-0.4, -0.2) is 54.5 Å². The lowest BCUT2D eigenvalue weighted by molar-refractivity contribution is -0.132. The van der Waals surface area contributed by atoms with Gasteiger partial charge in [0.25, 0.3) is 0 Å². The Balaban J connectivity index is 1.49. The van der Waals surface area contributed by atoms with Crippen LogP contribution in [0.5, 0.6) is 0 Å². The Hall–Kier alpha value is -0.610. The first-order valence-electron chi connectivity index (χ1n) is 8.00. The number of carbonyl (C=O) groups excluding carboxylic acids is 1. The van der Waals surface area contributed by atoms with Gasteiger partial charge < -0.3 is 10.6 Å². The van der Waals surface area contributed by atoms with Crippen molar-refractivity contribution in [2.24, 2.45) is 17.6 Å². The van der Waals surface area contributed by atoms with Gasteiger partial charge in [-0.2, -0.15) is 0 Å². The standard InChI is InChI=1S/C15H27N3O/c16-14-10-17(9-13(14)12-5-6-12)11-15(19)18-7-3-1-2-4-8-18/h12-14H,1-11,16H2/t13-,14+/m0/s1. The van der Waals surface area contributed by atoms with E-state index in [4.69, 9.17) is 5.73 Å². The van der Waals surface area contributed by atoms with Crippen LogP contribution in [0, 0.1) is 11.8 Å². The van der Waals surface area contributed by atoms with Crippen molar-refractivity contribution in [3.05, 3.63) is 0 Å². The molecule has 4 nitrogen and oxygen atoms in total. The molecule has 3 fully saturated rings. The number of carbonyl (C=O) groups is 1. The molecule has 0 unspecified atom stereocenters. The minimum atomic E-state index is 0.296. The molecule has 0 aromatic carbocycles. The van der Waals surface area contributed by atoms with Crippen LogP contribution in [0.3, 0.4) is 0 Å². The van der Waals surface area contributed by atoms with Gasteiger partial charge in [-0.15, -0.1) is 0 Å². The van der Waals surface area contributed by atoms with Crippen molar-refractivity contribution in [1.29, 1.82) is 0 Å². The fraction of sp³-hybridized carbons (Fsp3) is 0.933. The lowest BCUT2D eigenvalue weighted by Gasteiger charge is -2.23. The van der Waals surface area contributed by atoms with E-state index < -0.39 is 0 Å². The van der Waals surface area contributed by atoms with E-state index >= 15 is 0 Å². The third-order valence-electron chi connectivity index (χ3n) is 5.03. The zero-order valence-corrected chi connectivity index (χ0v) is 11.9. The Morgan fingerprint density at radius 3 is 2.37 bits per heavy atom. The zero-order chi connectivity index (χ0) is 13.2. The molecule has 4 heteroatoms. The molecule has 108 valence electrons. The highest BCUT2D eigenvalue weighted by Crippen LogP contribution is 2.40. The van der Waals surface area contributed by atoms with E-state index in [0.717, 1.165) is 32.1 Å². The van der Waals surface area contributed by atoms with Crippen molar-refractivity contribution in [3.63, 3.8) is 0 Å². The first kappa shape index (κ1) is 13.4. The topological polar surface area (TPSA) is 49.6 Å². The molecule has 1 amide bonds. The van der Waals surface area contributed by atoms with Gasteiger partial charge in [-0.05, 0) is 37.5 Å². The summed E-state index contributed by atoms with van der Waals surface area (Å²) < 4.78 is 0. The first-order chi connectivity index (χ1) is 9.24. The highest BCUT2D eigenvalue weighted by molar-refractivity contribution is 5.78. The number of hydrogen-bond donors (Lipinski definition) is 1. The number of nitrogens with zero attached hydrogens (tertiary/aromatic N) is 2. The van der Waals surface area contributed by atoms with E-state index in [1.165, 1.54) is 38.5 Å². The van der Waals surface area contributed by atoms with Crippen LogP contribution in [-0.2, 0) is 4.79 Å². The molecule has 0 bridgehead atoms. The van der Waals surface area contributed by atoms with E-state index in [1.807, 2.05) is 0 Å². The molecule has 0 radical (unpaired) electrons. The van der Waals surface area contributed by atoms with Gasteiger partial charge in [-0.1, -0.05) is 12.8 Å². The molecule has 3 aliphatic rings. The number of likely N-dealkylation sites (tertiary alicyclic amines) is 2. The molecule has 0 aromatic heterocycles. The average Bonchev–Trinajstić information content (AvgIpc) is 3.19. The summed E-state index contributed by atoms with van der Waals surface area (Å²) in [6, 6.07) is 0.296. The Bertz CT molecular complexity index is 321. The predicted octanol–water partition coefficient (Wildman–Crippen LogP) is 1.06. The fourth-order valence-corrected chi connectivity index (χ4v) is 3.71. The molecule has 1 saturated carbocycles. The van der Waals surface area contributed by atoms with Gasteiger partial charge in [-0.25, -0.2) is 0 Å². The van der Waals surface area contributed by atoms with E-state index in [0.29, 0.717) is 24.4 Å². The highest BCUT2D eigenvalue weighted by atomic mass is 16.2. The van der Waals surface area contributed by atoms with Gasteiger partial charge in [0.2, 0.25) is 5.91 Å². The largest absolute Gasteiger partial charge is 0.342 e. The summed E-state index contributed by atoms with van der Waals surface area (Å²) >= 11 is 0. The Kier molecular flexibility index (Phi) is 4.08. The summed E-state index contributed by atoms with van der Waals surface area (Å²) in [5.41, 5.74) is 6.22. The molecule has 2 saturated heterocycles. The number of rotatable bonds is 3. The summed E-state index contributed by atoms with van der Waals surface area (Å²) in [6.07, 6.45) is 7.62. The van der Waals surface area contributed by atoms with Gasteiger partial charge >= 0.3 is 0 Å². The smallest absolute Gasteiger partial charge is 0.236 e. The lowest BCUT2D eigenvalue weighted by Crippen LogP contribution is -2.40. The molecule has 0 aromatic rings. The normalized spacial score (nSPS) is 33.4. The van der Waals surface area contributed by atoms with Crippen molar-refractivity contribution in [1.82, 2.24) is 9.80 Å². The minimum Gasteiger partial charge on any atom is -0.342 e. The zero-order valence-electron chi connectivity index (χ0n) is 11.9. The second-order valence-electron chi connectivity index (χ2n) is 6.65. The molecular formula is C15H27N3O. The second-order valence-corrected chi connectivity index (χ2v) is 6.65. The number of amides is 1. The molecule has 19 heavy (non-hydrogen) atoms. The van der Waals surface area contributed by atoms with Crippen LogP contribution in [0.15, 0.2) is 0 Å². The van der Waals surface area contributed by atoms with Crippen LogP contribution in [0.2, 0.25) is 0 Å². The predicted molar refractivity (Wildman–Crippen MR) is 75.7 cm³/mol. The van der Waals surface area contributed by atoms with E-state index in [-0.39, 0.29) is 0 Å².